The Morgan fingerprint density at radius 3 is 1.39 bits per heavy atom. The molecule has 4 N–H and O–H groups in total. The van der Waals surface area contributed by atoms with Crippen LogP contribution in [0.1, 0.15) is 38.6 Å². The van der Waals surface area contributed by atoms with Crippen LogP contribution in [0.25, 0.3) is 0 Å². The number of aromatic nitrogens is 12. The van der Waals surface area contributed by atoms with Gasteiger partial charge in [0.15, 0.2) is 23.3 Å². The third kappa shape index (κ3) is 9.94. The van der Waals surface area contributed by atoms with Gasteiger partial charge in [-0.3, -0.25) is 29.1 Å². The second-order valence-electron chi connectivity index (χ2n) is 16.6. The number of aromatic amines is 1. The molecule has 31 heteroatoms. The lowest BCUT2D eigenvalue weighted by Gasteiger charge is -2.20. The minimum Gasteiger partial charge on any atom is -0.326 e. The van der Waals surface area contributed by atoms with E-state index in [-0.39, 0.29) is 41.3 Å². The highest BCUT2D eigenvalue weighted by Gasteiger charge is 2.33. The van der Waals surface area contributed by atoms with Gasteiger partial charge >= 0.3 is 0 Å². The number of hydrogen-bond acceptors (Lipinski definition) is 23. The van der Waals surface area contributed by atoms with Gasteiger partial charge < -0.3 is 45.3 Å². The maximum Gasteiger partial charge on any atom is 0.270 e. The van der Waals surface area contributed by atoms with E-state index in [4.69, 9.17) is 23.2 Å². The molecule has 3 aliphatic heterocycles. The highest BCUT2D eigenvalue weighted by molar-refractivity contribution is 7.13. The van der Waals surface area contributed by atoms with Crippen molar-refractivity contribution in [2.45, 2.75) is 0 Å². The molecule has 0 unspecified atom stereocenters. The van der Waals surface area contributed by atoms with Crippen LogP contribution < -0.4 is 45.3 Å². The van der Waals surface area contributed by atoms with Crippen LogP contribution in [0.4, 0.5) is 86.6 Å². The van der Waals surface area contributed by atoms with Gasteiger partial charge in [-0.05, 0) is 34.3 Å². The monoisotopic (exact) mass is 1130 g/mol. The first-order chi connectivity index (χ1) is 37.1. The number of hydrogen-bond donors (Lipinski definition) is 4. The zero-order valence-electron chi connectivity index (χ0n) is 41.2. The summed E-state index contributed by atoms with van der Waals surface area (Å²) in [6.07, 6.45) is 12.7. The lowest BCUT2D eigenvalue weighted by atomic mass is 10.3. The van der Waals surface area contributed by atoms with Gasteiger partial charge in [0.05, 0.1) is 65.6 Å². The number of carbonyl (C=O) groups is 5. The molecule has 77 heavy (non-hydrogen) atoms. The Morgan fingerprint density at radius 2 is 0.961 bits per heavy atom. The molecule has 12 rings (SSSR count). The van der Waals surface area contributed by atoms with Crippen molar-refractivity contribution >= 4 is 173 Å². The average Bonchev–Trinajstić information content (AvgIpc) is 4.34. The summed E-state index contributed by atoms with van der Waals surface area (Å²) in [5.41, 5.74) is 5.60. The van der Waals surface area contributed by atoms with Gasteiger partial charge in [-0.1, -0.05) is 0 Å². The van der Waals surface area contributed by atoms with Crippen molar-refractivity contribution in [3.63, 3.8) is 0 Å². The van der Waals surface area contributed by atoms with E-state index in [1.165, 1.54) is 62.4 Å². The lowest BCUT2D eigenvalue weighted by Crippen LogP contribution is -2.25. The van der Waals surface area contributed by atoms with E-state index in [1.54, 1.807) is 63.1 Å². The molecule has 3 aliphatic rings. The summed E-state index contributed by atoms with van der Waals surface area (Å²) in [5.74, 6) is 2.04. The van der Waals surface area contributed by atoms with Crippen molar-refractivity contribution in [2.24, 2.45) is 0 Å². The summed E-state index contributed by atoms with van der Waals surface area (Å²) in [6, 6.07) is 7.31. The predicted octanol–water partition coefficient (Wildman–Crippen LogP) is 7.79. The largest absolute Gasteiger partial charge is 0.326 e. The molecule has 0 spiro atoms. The summed E-state index contributed by atoms with van der Waals surface area (Å²) in [5, 5.41) is 29.3. The van der Waals surface area contributed by atoms with Crippen molar-refractivity contribution in [3.05, 3.63) is 105 Å². The van der Waals surface area contributed by atoms with E-state index >= 15 is 0 Å². The average molecular weight is 1140 g/mol. The molecule has 0 radical (unpaired) electrons. The number of H-pyrrole nitrogens is 1. The van der Waals surface area contributed by atoms with Crippen LogP contribution in [0.5, 0.6) is 0 Å². The molecule has 0 fully saturated rings. The maximum atomic E-state index is 12.7. The van der Waals surface area contributed by atoms with Gasteiger partial charge in [-0.25, -0.2) is 24.3 Å². The molecular formula is C46H41Cl2N21O5S3. The van der Waals surface area contributed by atoms with Crippen molar-refractivity contribution in [1.29, 1.82) is 0 Å². The number of fused-ring (bicyclic) bond motifs is 6. The lowest BCUT2D eigenvalue weighted by molar-refractivity contribution is 0.0917. The number of thiophene rings is 3. The van der Waals surface area contributed by atoms with Crippen molar-refractivity contribution in [3.8, 4) is 0 Å². The minimum absolute atomic E-state index is 0.0558. The van der Waals surface area contributed by atoms with Crippen molar-refractivity contribution < 1.29 is 24.0 Å². The molecule has 392 valence electrons. The zero-order chi connectivity index (χ0) is 54.2. The van der Waals surface area contributed by atoms with Crippen LogP contribution >= 0.6 is 57.2 Å². The van der Waals surface area contributed by atoms with Crippen LogP contribution in [0, 0.1) is 0 Å². The number of nitrogens with one attached hydrogen (secondary N) is 4. The normalized spacial score (nSPS) is 13.3. The second-order valence-corrected chi connectivity index (χ2v) is 19.9. The van der Waals surface area contributed by atoms with Gasteiger partial charge in [0, 0.05) is 60.7 Å². The number of carbonyl (C=O) groups excluding carboxylic acids is 5. The third-order valence-electron chi connectivity index (χ3n) is 12.0. The first-order valence-corrected chi connectivity index (χ1v) is 26.3. The Hall–Kier alpha value is -8.90. The van der Waals surface area contributed by atoms with Gasteiger partial charge in [0.1, 0.15) is 43.5 Å². The highest BCUT2D eigenvalue weighted by atomic mass is 35.5. The number of anilines is 15. The Bertz CT molecular complexity index is 3560. The fraction of sp³-hybridized carbons (Fsp3) is 0.174. The van der Waals surface area contributed by atoms with Crippen LogP contribution in [-0.2, 0) is 0 Å². The van der Waals surface area contributed by atoms with Gasteiger partial charge in [0.2, 0.25) is 17.8 Å². The van der Waals surface area contributed by atoms with E-state index in [0.29, 0.717) is 78.5 Å². The predicted molar refractivity (Wildman–Crippen MR) is 297 cm³/mol. The van der Waals surface area contributed by atoms with Gasteiger partial charge in [-0.15, -0.1) is 62.3 Å². The topological polar surface area (TPSA) is 283 Å². The van der Waals surface area contributed by atoms with Crippen LogP contribution in [0.3, 0.4) is 0 Å². The highest BCUT2D eigenvalue weighted by Crippen LogP contribution is 2.43. The first kappa shape index (κ1) is 51.6. The minimum atomic E-state index is -0.336. The van der Waals surface area contributed by atoms with E-state index in [9.17, 15) is 24.0 Å². The summed E-state index contributed by atoms with van der Waals surface area (Å²) in [6.45, 7) is 0. The summed E-state index contributed by atoms with van der Waals surface area (Å²) in [7, 11) is 10.7. The van der Waals surface area contributed by atoms with Crippen LogP contribution in [0.15, 0.2) is 90.0 Å². The summed E-state index contributed by atoms with van der Waals surface area (Å²) < 4.78 is 2.30. The van der Waals surface area contributed by atoms with E-state index < -0.39 is 0 Å². The molecule has 12 heterocycles. The molecule has 9 aromatic heterocycles. The smallest absolute Gasteiger partial charge is 0.270 e. The van der Waals surface area contributed by atoms with E-state index in [2.05, 4.69) is 66.2 Å². The van der Waals surface area contributed by atoms with Gasteiger partial charge in [0.25, 0.3) is 29.5 Å². The Balaban J connectivity index is 0.000000131. The summed E-state index contributed by atoms with van der Waals surface area (Å²) in [4.78, 5) is 99.8. The van der Waals surface area contributed by atoms with Crippen molar-refractivity contribution in [1.82, 2.24) is 59.7 Å². The fourth-order valence-electron chi connectivity index (χ4n) is 7.91. The Morgan fingerprint density at radius 1 is 0.532 bits per heavy atom. The quantitative estimate of drug-likeness (QED) is 0.106. The van der Waals surface area contributed by atoms with Crippen molar-refractivity contribution in [2.75, 3.05) is 99.4 Å². The number of rotatable bonds is 8. The Kier molecular flexibility index (Phi) is 14.3. The number of alkyl halides is 2. The molecule has 0 aromatic carbocycles. The van der Waals surface area contributed by atoms with E-state index in [0.717, 1.165) is 32.1 Å². The molecular weight excluding hydrogens is 1090 g/mol. The van der Waals surface area contributed by atoms with Gasteiger partial charge in [-0.2, -0.15) is 25.1 Å². The molecule has 0 aliphatic carbocycles. The van der Waals surface area contributed by atoms with Crippen LogP contribution in [-0.4, -0.2) is 143 Å². The fourth-order valence-corrected chi connectivity index (χ4v) is 10.8. The molecule has 26 nitrogen and oxygen atoms in total. The zero-order valence-corrected chi connectivity index (χ0v) is 45.2. The molecule has 0 saturated heterocycles. The third-order valence-corrected chi connectivity index (χ3v) is 15.1. The summed E-state index contributed by atoms with van der Waals surface area (Å²) >= 11 is 15.3. The molecule has 0 saturated carbocycles. The standard InChI is InChI=1S/2C16H14ClN7O2S.C14H13N7OS/c1-22-9-4-6-27-13(9)15(26)23(2)10-8-18-16(20-14(10)22)19-11-3-5-24(21-11)12(25)7-17;1-22-10-3-4-27-13(10)15(26)23(2)11-7-18-16(21-14(11)22)20-9-6-19-24(8-9)12(25)5-17;1-20-9-3-4-23-11(9)13(22)21(2)10-7-15-14(19-12(10)20)18-8-5-16-17-6-8/h3-6,8H,7H2,1-2H3,(H,18,19,20,21);3-4,6-8H,5H2,1-2H3,(H,18,20,21);3-7H,1-2H3,(H,16,17)(H,15,18,19). The Labute approximate surface area is 458 Å². The number of amides is 3. The second kappa shape index (κ2) is 21.4. The molecule has 3 amide bonds. The number of nitrogens with zero attached hydrogens (tertiary/aromatic N) is 17. The first-order valence-electron chi connectivity index (χ1n) is 22.6. The van der Waals surface area contributed by atoms with E-state index in [1.807, 2.05) is 70.2 Å². The maximum absolute atomic E-state index is 12.7. The molecule has 0 bridgehead atoms. The molecule has 9 aromatic rings. The SMILES string of the molecule is CN1C(=O)c2sccc2N(C)c2nc(Nc3ccn(C(=O)CCl)n3)ncc21.CN1C(=O)c2sccc2N(C)c2nc(Nc3cn[nH]c3)ncc21.CN1C(=O)c2sccc2N(C)c2nc(Nc3cnn(C(=O)CCl)c3)ncc21. The van der Waals surface area contributed by atoms with Crippen LogP contribution in [0.2, 0.25) is 0 Å². The molecule has 0 atom stereocenters. The number of halogens is 2.